The number of ether oxygens (including phenoxy) is 2. The maximum atomic E-state index is 12.6. The first-order chi connectivity index (χ1) is 13.0. The van der Waals surface area contributed by atoms with Crippen LogP contribution in [0.3, 0.4) is 0 Å². The number of hydrogen-bond donors (Lipinski definition) is 1. The molecule has 7 heteroatoms. The van der Waals surface area contributed by atoms with Crippen LogP contribution in [0.2, 0.25) is 0 Å². The third-order valence-corrected chi connectivity index (χ3v) is 3.92. The maximum Gasteiger partial charge on any atom is 0.346 e. The van der Waals surface area contributed by atoms with Crippen molar-refractivity contribution in [2.45, 2.75) is 13.0 Å². The Morgan fingerprint density at radius 3 is 2.56 bits per heavy atom. The van der Waals surface area contributed by atoms with E-state index in [0.717, 1.165) is 0 Å². The van der Waals surface area contributed by atoms with Gasteiger partial charge in [0.25, 0.3) is 11.8 Å². The van der Waals surface area contributed by atoms with E-state index in [1.165, 1.54) is 18.2 Å². The molecule has 1 fully saturated rings. The number of nitrogens with zero attached hydrogens (tertiary/aromatic N) is 1. The van der Waals surface area contributed by atoms with Crippen molar-refractivity contribution in [3.8, 4) is 5.75 Å². The number of methoxy groups -OCH3 is 1. The predicted octanol–water partition coefficient (Wildman–Crippen LogP) is 2.09. The molecule has 1 aliphatic rings. The van der Waals surface area contributed by atoms with E-state index < -0.39 is 23.9 Å². The molecule has 0 aliphatic carbocycles. The zero-order valence-electron chi connectivity index (χ0n) is 14.8. The van der Waals surface area contributed by atoms with Crippen molar-refractivity contribution in [1.82, 2.24) is 5.43 Å². The van der Waals surface area contributed by atoms with E-state index in [4.69, 9.17) is 4.74 Å². The van der Waals surface area contributed by atoms with Crippen LogP contribution >= 0.6 is 0 Å². The second kappa shape index (κ2) is 7.74. The molecule has 1 N–H and O–H groups in total. The lowest BCUT2D eigenvalue weighted by molar-refractivity contribution is -0.147. The van der Waals surface area contributed by atoms with Crippen LogP contribution in [0.4, 0.5) is 5.69 Å². The molecule has 7 nitrogen and oxygen atoms in total. The van der Waals surface area contributed by atoms with Gasteiger partial charge in [0.2, 0.25) is 0 Å². The number of carbonyl (C=O) groups is 3. The average molecular weight is 366 g/mol. The fourth-order valence-corrected chi connectivity index (χ4v) is 2.58. The van der Waals surface area contributed by atoms with Gasteiger partial charge in [0.1, 0.15) is 11.3 Å². The fraction of sp³-hybridized carbons (Fsp3) is 0.150. The van der Waals surface area contributed by atoms with Gasteiger partial charge >= 0.3 is 5.97 Å². The number of nitrogens with one attached hydrogen (secondary N) is 1. The highest BCUT2D eigenvalue weighted by Gasteiger charge is 2.34. The van der Waals surface area contributed by atoms with Crippen molar-refractivity contribution in [2.75, 3.05) is 12.1 Å². The van der Waals surface area contributed by atoms with E-state index in [9.17, 15) is 14.4 Å². The molecule has 1 atom stereocenters. The van der Waals surface area contributed by atoms with Crippen molar-refractivity contribution in [2.24, 2.45) is 0 Å². The number of rotatable bonds is 5. The summed E-state index contributed by atoms with van der Waals surface area (Å²) < 4.78 is 10.1. The molecule has 27 heavy (non-hydrogen) atoms. The third-order valence-electron chi connectivity index (χ3n) is 3.92. The number of carbonyl (C=O) groups excluding carboxylic acids is 3. The second-order valence-electron chi connectivity index (χ2n) is 5.83. The summed E-state index contributed by atoms with van der Waals surface area (Å²) in [6, 6.07) is 15.6. The number of hydrazine groups is 1. The van der Waals surface area contributed by atoms with Crippen LogP contribution < -0.4 is 15.2 Å². The number of para-hydroxylation sites is 1. The molecule has 0 spiro atoms. The molecule has 1 heterocycles. The molecule has 0 bridgehead atoms. The largest absolute Gasteiger partial charge is 0.479 e. The fourth-order valence-electron chi connectivity index (χ4n) is 2.58. The Morgan fingerprint density at radius 2 is 1.85 bits per heavy atom. The topological polar surface area (TPSA) is 84.9 Å². The summed E-state index contributed by atoms with van der Waals surface area (Å²) in [5, 5.41) is 1.20. The van der Waals surface area contributed by atoms with Crippen LogP contribution in [-0.4, -0.2) is 31.0 Å². The lowest BCUT2D eigenvalue weighted by Crippen LogP contribution is -2.35. The van der Waals surface area contributed by atoms with Crippen molar-refractivity contribution in [1.29, 1.82) is 0 Å². The van der Waals surface area contributed by atoms with E-state index >= 15 is 0 Å². The number of anilines is 1. The Kier molecular flexibility index (Phi) is 5.21. The summed E-state index contributed by atoms with van der Waals surface area (Å²) in [5.74, 6) is -1.01. The van der Waals surface area contributed by atoms with Gasteiger partial charge in [-0.15, -0.1) is 0 Å². The van der Waals surface area contributed by atoms with E-state index in [1.54, 1.807) is 55.5 Å². The summed E-state index contributed by atoms with van der Waals surface area (Å²) >= 11 is 0. The molecule has 2 aromatic carbocycles. The molecule has 2 amide bonds. The molecule has 0 aromatic heterocycles. The van der Waals surface area contributed by atoms with Crippen LogP contribution in [0.15, 0.2) is 60.2 Å². The molecule has 2 aromatic rings. The zero-order chi connectivity index (χ0) is 19.4. The van der Waals surface area contributed by atoms with Gasteiger partial charge in [-0.2, -0.15) is 0 Å². The number of esters is 1. The maximum absolute atomic E-state index is 12.6. The van der Waals surface area contributed by atoms with Gasteiger partial charge in [0.05, 0.1) is 12.8 Å². The molecule has 1 aliphatic heterocycles. The highest BCUT2D eigenvalue weighted by Crippen LogP contribution is 2.23. The smallest absolute Gasteiger partial charge is 0.346 e. The standard InChI is InChI=1S/C20H18N2O5/c1-13(20(25)26-2)27-16-10-6-7-14(11-16)12-17-18(23)21-22(19(17)24)15-8-4-3-5-9-15/h3-13H,1-2H3,(H,21,23)/b17-12-/t13-/m0/s1. The first-order valence-corrected chi connectivity index (χ1v) is 8.26. The van der Waals surface area contributed by atoms with Crippen LogP contribution in [0, 0.1) is 0 Å². The van der Waals surface area contributed by atoms with Crippen molar-refractivity contribution < 1.29 is 23.9 Å². The van der Waals surface area contributed by atoms with Crippen LogP contribution in [0.1, 0.15) is 12.5 Å². The first kappa shape index (κ1) is 18.2. The predicted molar refractivity (Wildman–Crippen MR) is 98.6 cm³/mol. The SMILES string of the molecule is COC(=O)[C@H](C)Oc1cccc(/C=C2/C(=O)NN(c3ccccc3)C2=O)c1. The highest BCUT2D eigenvalue weighted by atomic mass is 16.6. The molecule has 0 saturated carbocycles. The number of hydrogen-bond acceptors (Lipinski definition) is 5. The zero-order valence-corrected chi connectivity index (χ0v) is 14.8. The summed E-state index contributed by atoms with van der Waals surface area (Å²) in [5.41, 5.74) is 3.72. The highest BCUT2D eigenvalue weighted by molar-refractivity contribution is 6.31. The minimum Gasteiger partial charge on any atom is -0.479 e. The Morgan fingerprint density at radius 1 is 1.11 bits per heavy atom. The van der Waals surface area contributed by atoms with Crippen LogP contribution in [-0.2, 0) is 19.1 Å². The van der Waals surface area contributed by atoms with Gasteiger partial charge in [0.15, 0.2) is 6.10 Å². The lowest BCUT2D eigenvalue weighted by Gasteiger charge is -2.14. The van der Waals surface area contributed by atoms with Gasteiger partial charge < -0.3 is 9.47 Å². The number of amides is 2. The van der Waals surface area contributed by atoms with E-state index in [1.807, 2.05) is 6.07 Å². The Hall–Kier alpha value is -3.61. The Labute approximate surface area is 156 Å². The molecular weight excluding hydrogens is 348 g/mol. The summed E-state index contributed by atoms with van der Waals surface area (Å²) in [7, 11) is 1.28. The molecule has 138 valence electrons. The number of benzene rings is 2. The van der Waals surface area contributed by atoms with Crippen molar-refractivity contribution in [3.05, 3.63) is 65.7 Å². The Balaban J connectivity index is 1.82. The first-order valence-electron chi connectivity index (χ1n) is 8.26. The van der Waals surface area contributed by atoms with Crippen LogP contribution in [0.25, 0.3) is 6.08 Å². The molecule has 3 rings (SSSR count). The summed E-state index contributed by atoms with van der Waals surface area (Å²) in [4.78, 5) is 36.3. The molecular formula is C20H18N2O5. The molecule has 0 unspecified atom stereocenters. The van der Waals surface area contributed by atoms with Gasteiger partial charge in [-0.1, -0.05) is 30.3 Å². The second-order valence-corrected chi connectivity index (χ2v) is 5.83. The minimum atomic E-state index is -0.775. The van der Waals surface area contributed by atoms with Gasteiger partial charge in [-0.05, 0) is 42.8 Å². The monoisotopic (exact) mass is 366 g/mol. The van der Waals surface area contributed by atoms with E-state index in [0.29, 0.717) is 17.0 Å². The lowest BCUT2D eigenvalue weighted by atomic mass is 10.1. The van der Waals surface area contributed by atoms with Gasteiger partial charge in [-0.25, -0.2) is 9.80 Å². The third kappa shape index (κ3) is 3.98. The molecule has 0 radical (unpaired) electrons. The van der Waals surface area contributed by atoms with E-state index in [-0.39, 0.29) is 5.57 Å². The normalized spacial score (nSPS) is 16.2. The average Bonchev–Trinajstić information content (AvgIpc) is 2.96. The minimum absolute atomic E-state index is 0.0111. The van der Waals surface area contributed by atoms with Crippen LogP contribution in [0.5, 0.6) is 5.75 Å². The summed E-state index contributed by atoms with van der Waals surface area (Å²) in [6.45, 7) is 1.57. The summed E-state index contributed by atoms with van der Waals surface area (Å²) in [6.07, 6.45) is 0.707. The van der Waals surface area contributed by atoms with Gasteiger partial charge in [-0.3, -0.25) is 15.0 Å². The molecule has 1 saturated heterocycles. The van der Waals surface area contributed by atoms with Gasteiger partial charge in [0, 0.05) is 0 Å². The van der Waals surface area contributed by atoms with Crippen molar-refractivity contribution >= 4 is 29.5 Å². The quantitative estimate of drug-likeness (QED) is 0.498. The van der Waals surface area contributed by atoms with E-state index in [2.05, 4.69) is 10.2 Å². The Bertz CT molecular complexity index is 908. The van der Waals surface area contributed by atoms with Crippen molar-refractivity contribution in [3.63, 3.8) is 0 Å².